The number of fused-ring (bicyclic) bond motifs is 1. The number of anilines is 1. The summed E-state index contributed by atoms with van der Waals surface area (Å²) >= 11 is 0. The molecule has 2 aromatic rings. The maximum Gasteiger partial charge on any atom is 0.203 e. The van der Waals surface area contributed by atoms with E-state index < -0.39 is 0 Å². The first kappa shape index (κ1) is 12.4. The second kappa shape index (κ2) is 3.68. The van der Waals surface area contributed by atoms with Gasteiger partial charge in [-0.1, -0.05) is 27.7 Å². The van der Waals surface area contributed by atoms with Crippen LogP contribution in [0.25, 0.3) is 5.65 Å². The molecule has 1 aliphatic rings. The fourth-order valence-corrected chi connectivity index (χ4v) is 3.11. The lowest BCUT2D eigenvalue weighted by Crippen LogP contribution is -2.10. The number of aryl methyl sites for hydroxylation is 1. The highest BCUT2D eigenvalue weighted by molar-refractivity contribution is 5.62. The van der Waals surface area contributed by atoms with Gasteiger partial charge in [0, 0.05) is 18.9 Å². The zero-order valence-corrected chi connectivity index (χ0v) is 12.2. The van der Waals surface area contributed by atoms with Gasteiger partial charge >= 0.3 is 0 Å². The van der Waals surface area contributed by atoms with Crippen LogP contribution in [0.3, 0.4) is 0 Å². The molecule has 0 amide bonds. The molecule has 5 nitrogen and oxygen atoms in total. The Bertz CT molecular complexity index is 612. The predicted octanol–water partition coefficient (Wildman–Crippen LogP) is 2.53. The number of aromatic nitrogens is 4. The van der Waals surface area contributed by atoms with Crippen molar-refractivity contribution in [3.63, 3.8) is 0 Å². The molecule has 0 spiro atoms. The molecule has 102 valence electrons. The highest BCUT2D eigenvalue weighted by Crippen LogP contribution is 2.68. The van der Waals surface area contributed by atoms with Gasteiger partial charge in [0.2, 0.25) is 5.65 Å². The van der Waals surface area contributed by atoms with Gasteiger partial charge in [0.1, 0.15) is 5.82 Å². The average Bonchev–Trinajstić information content (AvgIpc) is 2.63. The van der Waals surface area contributed by atoms with E-state index in [0.717, 1.165) is 23.8 Å². The Hall–Kier alpha value is -1.65. The zero-order valence-electron chi connectivity index (χ0n) is 12.2. The summed E-state index contributed by atoms with van der Waals surface area (Å²) in [5, 5.41) is 11.7. The third-order valence-electron chi connectivity index (χ3n) is 5.29. The molecule has 0 aromatic carbocycles. The largest absolute Gasteiger partial charge is 0.367 e. The maximum absolute atomic E-state index is 4.38. The Kier molecular flexibility index (Phi) is 2.40. The van der Waals surface area contributed by atoms with Gasteiger partial charge in [-0.2, -0.15) is 0 Å². The van der Waals surface area contributed by atoms with Crippen LogP contribution in [0, 0.1) is 23.7 Å². The molecule has 19 heavy (non-hydrogen) atoms. The lowest BCUT2D eigenvalue weighted by atomic mass is 10.0. The standard InChI is InChI=1S/C14H21N5/c1-9-17-18-12-11(15-6-7-19(9)12)16-8-10-13(2,3)14(10,4)5/h6-7,10H,8H2,1-5H3,(H,15,16). The van der Waals surface area contributed by atoms with Crippen LogP contribution in [-0.2, 0) is 0 Å². The van der Waals surface area contributed by atoms with E-state index in [-0.39, 0.29) is 0 Å². The molecule has 0 atom stereocenters. The number of hydrogen-bond acceptors (Lipinski definition) is 4. The molecule has 0 saturated heterocycles. The molecule has 1 fully saturated rings. The van der Waals surface area contributed by atoms with E-state index in [1.165, 1.54) is 0 Å². The van der Waals surface area contributed by atoms with E-state index in [9.17, 15) is 0 Å². The maximum atomic E-state index is 4.38. The van der Waals surface area contributed by atoms with Gasteiger partial charge in [0.25, 0.3) is 0 Å². The van der Waals surface area contributed by atoms with Crippen LogP contribution in [0.15, 0.2) is 12.4 Å². The van der Waals surface area contributed by atoms with Crippen LogP contribution in [-0.4, -0.2) is 26.1 Å². The third kappa shape index (κ3) is 1.64. The molecule has 0 bridgehead atoms. The summed E-state index contributed by atoms with van der Waals surface area (Å²) in [6.07, 6.45) is 3.68. The van der Waals surface area contributed by atoms with Gasteiger partial charge in [-0.15, -0.1) is 10.2 Å². The van der Waals surface area contributed by atoms with Crippen LogP contribution in [0.1, 0.15) is 33.5 Å². The minimum absolute atomic E-state index is 0.384. The molecule has 5 heteroatoms. The van der Waals surface area contributed by atoms with Crippen LogP contribution < -0.4 is 5.32 Å². The Balaban J connectivity index is 1.80. The van der Waals surface area contributed by atoms with Gasteiger partial charge in [-0.3, -0.25) is 4.40 Å². The van der Waals surface area contributed by atoms with E-state index in [1.807, 2.05) is 17.5 Å². The lowest BCUT2D eigenvalue weighted by Gasteiger charge is -2.07. The summed E-state index contributed by atoms with van der Waals surface area (Å²) in [7, 11) is 0. The molecule has 1 N–H and O–H groups in total. The van der Waals surface area contributed by atoms with Crippen LogP contribution in [0.2, 0.25) is 0 Å². The predicted molar refractivity (Wildman–Crippen MR) is 75.1 cm³/mol. The summed E-state index contributed by atoms with van der Waals surface area (Å²) in [6, 6.07) is 0. The SMILES string of the molecule is Cc1nnc2c(NCC3C(C)(C)C3(C)C)nccn12. The normalized spacial score (nSPS) is 20.7. The van der Waals surface area contributed by atoms with Crippen molar-refractivity contribution in [1.82, 2.24) is 19.6 Å². The average molecular weight is 259 g/mol. The molecule has 0 aliphatic heterocycles. The van der Waals surface area contributed by atoms with Crippen molar-refractivity contribution in [2.45, 2.75) is 34.6 Å². The Labute approximate surface area is 113 Å². The first-order valence-electron chi connectivity index (χ1n) is 6.76. The van der Waals surface area contributed by atoms with Gasteiger partial charge in [0.15, 0.2) is 5.82 Å². The zero-order chi connectivity index (χ0) is 13.8. The third-order valence-corrected chi connectivity index (χ3v) is 5.29. The first-order valence-corrected chi connectivity index (χ1v) is 6.76. The fourth-order valence-electron chi connectivity index (χ4n) is 3.11. The fraction of sp³-hybridized carbons (Fsp3) is 0.643. The van der Waals surface area contributed by atoms with Gasteiger partial charge in [-0.05, 0) is 23.7 Å². The minimum atomic E-state index is 0.384. The summed E-state index contributed by atoms with van der Waals surface area (Å²) in [5.74, 6) is 2.36. The molecule has 2 heterocycles. The van der Waals surface area contributed by atoms with Crippen molar-refractivity contribution in [2.24, 2.45) is 16.7 Å². The quantitative estimate of drug-likeness (QED) is 0.920. The van der Waals surface area contributed by atoms with E-state index in [1.54, 1.807) is 6.20 Å². The van der Waals surface area contributed by atoms with Crippen molar-refractivity contribution in [2.75, 3.05) is 11.9 Å². The van der Waals surface area contributed by atoms with E-state index in [4.69, 9.17) is 0 Å². The van der Waals surface area contributed by atoms with E-state index in [0.29, 0.717) is 16.7 Å². The minimum Gasteiger partial charge on any atom is -0.367 e. The highest BCUT2D eigenvalue weighted by Gasteiger charge is 2.64. The summed E-state index contributed by atoms with van der Waals surface area (Å²) < 4.78 is 1.96. The van der Waals surface area contributed by atoms with Crippen molar-refractivity contribution in [1.29, 1.82) is 0 Å². The highest BCUT2D eigenvalue weighted by atomic mass is 15.3. The van der Waals surface area contributed by atoms with E-state index >= 15 is 0 Å². The first-order chi connectivity index (χ1) is 8.85. The molecule has 1 aliphatic carbocycles. The molecular weight excluding hydrogens is 238 g/mol. The number of nitrogens with one attached hydrogen (secondary N) is 1. The second-order valence-electron chi connectivity index (χ2n) is 6.59. The van der Waals surface area contributed by atoms with Crippen molar-refractivity contribution in [3.05, 3.63) is 18.2 Å². The van der Waals surface area contributed by atoms with Gasteiger partial charge in [0.05, 0.1) is 0 Å². The number of nitrogens with zero attached hydrogens (tertiary/aromatic N) is 4. The Morgan fingerprint density at radius 3 is 2.53 bits per heavy atom. The van der Waals surface area contributed by atoms with Crippen molar-refractivity contribution < 1.29 is 0 Å². The lowest BCUT2D eigenvalue weighted by molar-refractivity contribution is 0.457. The molecule has 1 saturated carbocycles. The van der Waals surface area contributed by atoms with Crippen LogP contribution in [0.5, 0.6) is 0 Å². The summed E-state index contributed by atoms with van der Waals surface area (Å²) in [5.41, 5.74) is 1.57. The number of rotatable bonds is 3. The molecule has 0 radical (unpaired) electrons. The van der Waals surface area contributed by atoms with Crippen LogP contribution in [0.4, 0.5) is 5.82 Å². The van der Waals surface area contributed by atoms with Crippen LogP contribution >= 0.6 is 0 Å². The Morgan fingerprint density at radius 1 is 1.21 bits per heavy atom. The van der Waals surface area contributed by atoms with Crippen molar-refractivity contribution >= 4 is 11.5 Å². The molecule has 3 rings (SSSR count). The van der Waals surface area contributed by atoms with Gasteiger partial charge in [-0.25, -0.2) is 4.98 Å². The Morgan fingerprint density at radius 2 is 1.89 bits per heavy atom. The van der Waals surface area contributed by atoms with Gasteiger partial charge < -0.3 is 5.32 Å². The van der Waals surface area contributed by atoms with E-state index in [2.05, 4.69) is 48.2 Å². The monoisotopic (exact) mass is 259 g/mol. The number of hydrogen-bond donors (Lipinski definition) is 1. The summed E-state index contributed by atoms with van der Waals surface area (Å²) in [4.78, 5) is 4.38. The molecular formula is C14H21N5. The molecule has 0 unspecified atom stereocenters. The molecule has 2 aromatic heterocycles. The smallest absolute Gasteiger partial charge is 0.203 e. The second-order valence-corrected chi connectivity index (χ2v) is 6.59. The van der Waals surface area contributed by atoms with Crippen molar-refractivity contribution in [3.8, 4) is 0 Å². The summed E-state index contributed by atoms with van der Waals surface area (Å²) in [6.45, 7) is 12.2. The topological polar surface area (TPSA) is 55.1 Å².